The van der Waals surface area contributed by atoms with Gasteiger partial charge in [0.15, 0.2) is 11.5 Å². The Balaban J connectivity index is 0.979. The van der Waals surface area contributed by atoms with Crippen molar-refractivity contribution >= 4 is 52.3 Å². The molecule has 0 spiro atoms. The summed E-state index contributed by atoms with van der Waals surface area (Å²) < 4.78 is 26.4. The Labute approximate surface area is 588 Å². The molecule has 5 N–H and O–H groups in total. The third-order valence-electron chi connectivity index (χ3n) is 19.1. The van der Waals surface area contributed by atoms with Gasteiger partial charge in [-0.15, -0.1) is 0 Å². The molecule has 0 unspecified atom stereocenters. The van der Waals surface area contributed by atoms with Crippen LogP contribution in [0.4, 0.5) is 0 Å². The van der Waals surface area contributed by atoms with Gasteiger partial charge >= 0.3 is 5.97 Å². The standard InChI is InChI=1S/C87H106N4O8/c1-4-7-10-13-16-19-22-25-28-31-58-96-80-61-67(62-81(97-59-32-29-26-23-20-17-14-11-8-5-2)86(80)98-60-33-30-27-24-21-18-15-12-9-6-3)87(95)99-71-48-40-66(41-49-71)85-78-56-54-76(90-78)83(64-36-44-69(93)45-37-64)74-52-50-72(88-74)82(63-34-42-68(92)43-35-63)73-51-53-75(89-73)84(77-55-57-79(85)91-77)65-38-46-70(94)47-39-65/h34-57,61-62,88,91-94H,4-33,58-60H2,1-3H3. The molecule has 10 rings (SSSR count). The number of esters is 1. The monoisotopic (exact) mass is 1330 g/mol. The number of benzene rings is 5. The van der Waals surface area contributed by atoms with Crippen molar-refractivity contribution in [2.45, 2.75) is 213 Å². The Morgan fingerprint density at radius 1 is 0.333 bits per heavy atom. The van der Waals surface area contributed by atoms with Crippen LogP contribution >= 0.6 is 0 Å². The number of unbranched alkanes of at least 4 members (excludes halogenated alkanes) is 27. The van der Waals surface area contributed by atoms with Crippen LogP contribution in [0.25, 0.3) is 90.9 Å². The fourth-order valence-electron chi connectivity index (χ4n) is 13.5. The smallest absolute Gasteiger partial charge is 0.343 e. The Morgan fingerprint density at radius 2 is 0.596 bits per heavy atom. The SMILES string of the molecule is CCCCCCCCCCCCOc1cc(C(=O)Oc2ccc(-c3c4nc(c(-c5ccc(O)cc5)c5ccc([nH]5)c(-c5ccc(O)cc5)c5nc(c(-c6ccc(O)cc6)c6ccc3[nH]6)C=C5)C=C4)cc2)cc(OCCCCCCCCCCCC)c1OCCCCCCCCCCCC. The molecule has 8 bridgehead atoms. The lowest BCUT2D eigenvalue weighted by atomic mass is 10.0. The fraction of sp³-hybridized carbons (Fsp3) is 0.414. The molecule has 522 valence electrons. The van der Waals surface area contributed by atoms with Gasteiger partial charge in [0.2, 0.25) is 5.75 Å². The lowest BCUT2D eigenvalue weighted by molar-refractivity contribution is 0.0733. The van der Waals surface area contributed by atoms with Crippen LogP contribution in [0.2, 0.25) is 0 Å². The Bertz CT molecular complexity index is 3960. The van der Waals surface area contributed by atoms with Crippen LogP contribution in [0.15, 0.2) is 133 Å². The molecule has 5 aromatic carbocycles. The first-order chi connectivity index (χ1) is 48.7. The van der Waals surface area contributed by atoms with Gasteiger partial charge in [0, 0.05) is 44.3 Å². The fourth-order valence-corrected chi connectivity index (χ4v) is 13.5. The second-order valence-electron chi connectivity index (χ2n) is 27.0. The van der Waals surface area contributed by atoms with Crippen LogP contribution in [0.3, 0.4) is 0 Å². The minimum absolute atomic E-state index is 0.146. The summed E-state index contributed by atoms with van der Waals surface area (Å²) in [4.78, 5) is 33.1. The second kappa shape index (κ2) is 38.9. The van der Waals surface area contributed by atoms with Crippen molar-refractivity contribution in [3.63, 3.8) is 0 Å². The molecule has 0 radical (unpaired) electrons. The molecular weight excluding hydrogens is 1230 g/mol. The Hall–Kier alpha value is -9.03. The van der Waals surface area contributed by atoms with Crippen molar-refractivity contribution in [2.24, 2.45) is 0 Å². The zero-order valence-corrected chi connectivity index (χ0v) is 59.1. The average molecular weight is 1340 g/mol. The minimum Gasteiger partial charge on any atom is -0.508 e. The summed E-state index contributed by atoms with van der Waals surface area (Å²) in [6.07, 6.45) is 44.7. The van der Waals surface area contributed by atoms with Crippen molar-refractivity contribution in [3.05, 3.63) is 162 Å². The van der Waals surface area contributed by atoms with E-state index < -0.39 is 5.97 Å². The number of aromatic amines is 2. The first kappa shape index (κ1) is 72.7. The average Bonchev–Trinajstić information content (AvgIpc) is 1.67. The van der Waals surface area contributed by atoms with E-state index in [4.69, 9.17) is 28.9 Å². The number of fused-ring (bicyclic) bond motifs is 8. The van der Waals surface area contributed by atoms with Crippen LogP contribution in [0.1, 0.15) is 247 Å². The maximum Gasteiger partial charge on any atom is 0.343 e. The summed E-state index contributed by atoms with van der Waals surface area (Å²) >= 11 is 0. The molecule has 2 aliphatic heterocycles. The number of carbonyl (C=O) groups excluding carboxylic acids is 1. The van der Waals surface area contributed by atoms with Crippen molar-refractivity contribution < 1.29 is 39.1 Å². The quantitative estimate of drug-likeness (QED) is 0.0141. The van der Waals surface area contributed by atoms with E-state index >= 15 is 0 Å². The van der Waals surface area contributed by atoms with E-state index in [1.165, 1.54) is 154 Å². The molecule has 0 amide bonds. The van der Waals surface area contributed by atoms with E-state index in [1.54, 1.807) is 48.5 Å². The highest BCUT2D eigenvalue weighted by molar-refractivity contribution is 6.00. The summed E-state index contributed by atoms with van der Waals surface area (Å²) in [5.41, 5.74) is 12.8. The van der Waals surface area contributed by atoms with Gasteiger partial charge in [-0.1, -0.05) is 243 Å². The minimum atomic E-state index is -0.538. The predicted molar refractivity (Wildman–Crippen MR) is 409 cm³/mol. The zero-order valence-electron chi connectivity index (χ0n) is 59.1. The number of rotatable bonds is 42. The van der Waals surface area contributed by atoms with Crippen molar-refractivity contribution in [2.75, 3.05) is 19.8 Å². The van der Waals surface area contributed by atoms with E-state index in [2.05, 4.69) is 30.7 Å². The molecule has 99 heavy (non-hydrogen) atoms. The van der Waals surface area contributed by atoms with Crippen molar-refractivity contribution in [3.8, 4) is 84.8 Å². The van der Waals surface area contributed by atoms with Crippen LogP contribution < -0.4 is 18.9 Å². The van der Waals surface area contributed by atoms with Gasteiger partial charge in [0.05, 0.1) is 48.2 Å². The van der Waals surface area contributed by atoms with Crippen LogP contribution in [0, 0.1) is 0 Å². The van der Waals surface area contributed by atoms with Gasteiger partial charge in [0.1, 0.15) is 23.0 Å². The van der Waals surface area contributed by atoms with Gasteiger partial charge in [-0.05, 0) is 151 Å². The Morgan fingerprint density at radius 3 is 0.889 bits per heavy atom. The lowest BCUT2D eigenvalue weighted by Crippen LogP contribution is -2.12. The number of nitrogens with zero attached hydrogens (tertiary/aromatic N) is 2. The summed E-state index contributed by atoms with van der Waals surface area (Å²) in [6, 6.07) is 40.6. The predicted octanol–water partition coefficient (Wildman–Crippen LogP) is 24.6. The Kier molecular flexibility index (Phi) is 28.6. The highest BCUT2D eigenvalue weighted by atomic mass is 16.5. The topological polar surface area (TPSA) is 172 Å². The molecule has 5 heterocycles. The number of hydrogen-bond acceptors (Lipinski definition) is 10. The van der Waals surface area contributed by atoms with Gasteiger partial charge < -0.3 is 44.2 Å². The number of phenols is 3. The number of hydrogen-bond donors (Lipinski definition) is 5. The highest BCUT2D eigenvalue weighted by Gasteiger charge is 2.23. The first-order valence-electron chi connectivity index (χ1n) is 37.6. The highest BCUT2D eigenvalue weighted by Crippen LogP contribution is 2.43. The lowest BCUT2D eigenvalue weighted by Gasteiger charge is -2.19. The van der Waals surface area contributed by atoms with E-state index in [0.29, 0.717) is 71.2 Å². The number of aromatic hydroxyl groups is 3. The first-order valence-corrected chi connectivity index (χ1v) is 37.6. The number of H-pyrrole nitrogens is 2. The van der Waals surface area contributed by atoms with Crippen LogP contribution in [-0.4, -0.2) is 61.0 Å². The molecule has 0 fully saturated rings. The normalized spacial score (nSPS) is 11.8. The molecule has 8 aromatic rings. The molecule has 12 nitrogen and oxygen atoms in total. The van der Waals surface area contributed by atoms with Crippen molar-refractivity contribution in [1.29, 1.82) is 0 Å². The van der Waals surface area contributed by atoms with Crippen molar-refractivity contribution in [1.82, 2.24) is 19.9 Å². The third-order valence-corrected chi connectivity index (χ3v) is 19.1. The van der Waals surface area contributed by atoms with Gasteiger partial charge in [-0.25, -0.2) is 14.8 Å². The second-order valence-corrected chi connectivity index (χ2v) is 27.0. The van der Waals surface area contributed by atoms with E-state index in [-0.39, 0.29) is 17.2 Å². The largest absolute Gasteiger partial charge is 0.508 e. The molecule has 0 saturated heterocycles. The summed E-state index contributed by atoms with van der Waals surface area (Å²) in [6.45, 7) is 8.32. The molecule has 2 aliphatic rings. The van der Waals surface area contributed by atoms with Crippen LogP contribution in [-0.2, 0) is 0 Å². The molecule has 0 saturated carbocycles. The van der Waals surface area contributed by atoms with Crippen LogP contribution in [0.5, 0.6) is 40.2 Å². The van der Waals surface area contributed by atoms with E-state index in [9.17, 15) is 20.1 Å². The maximum atomic E-state index is 14.8. The number of carbonyl (C=O) groups is 1. The molecular formula is C87H106N4O8. The third kappa shape index (κ3) is 21.2. The molecule has 3 aromatic heterocycles. The summed E-state index contributed by atoms with van der Waals surface area (Å²) in [7, 11) is 0. The number of nitrogens with one attached hydrogen (secondary N) is 2. The molecule has 0 aliphatic carbocycles. The van der Waals surface area contributed by atoms with Gasteiger partial charge in [-0.2, -0.15) is 0 Å². The zero-order chi connectivity index (χ0) is 68.8. The van der Waals surface area contributed by atoms with Gasteiger partial charge in [0.25, 0.3) is 0 Å². The molecule has 12 heteroatoms. The molecule has 0 atom stereocenters. The van der Waals surface area contributed by atoms with E-state index in [0.717, 1.165) is 105 Å². The summed E-state index contributed by atoms with van der Waals surface area (Å²) in [5, 5.41) is 31.5. The van der Waals surface area contributed by atoms with E-state index in [1.807, 2.05) is 109 Å². The number of ether oxygens (including phenoxy) is 4. The number of aromatic nitrogens is 4. The van der Waals surface area contributed by atoms with Gasteiger partial charge in [-0.3, -0.25) is 0 Å². The number of phenolic OH excluding ortho intramolecular Hbond substituents is 3. The summed E-state index contributed by atoms with van der Waals surface area (Å²) in [5.74, 6) is 1.83. The maximum absolute atomic E-state index is 14.8.